The standard InChI is InChI=1S/C50H62N2O10/c1-9-11-13-37(49(53)54)51(3)23-21-33-28-42(58-6)44-30-36(33)39(51)25-31-15-18-35(19-16-31)61-43-27-32(17-20-41(43)57-5)26-40-46-34(29-45(59-7)47(60-8)48(46)62-44)22-24-52(40,4)38(50(55)56)14-12-10-2/h15-20,27-30,37-40H,9-14,21-26H2,1-8H3. The molecule has 0 amide bonds. The summed E-state index contributed by atoms with van der Waals surface area (Å²) in [5, 5.41) is 26.5. The topological polar surface area (TPSA) is 136 Å². The fourth-order valence-electron chi connectivity index (χ4n) is 10.5. The first-order valence-corrected chi connectivity index (χ1v) is 22.0. The van der Waals surface area contributed by atoms with Gasteiger partial charge < -0.3 is 57.2 Å². The number of carboxylic acid groups (broad SMARTS) is 2. The minimum Gasteiger partial charge on any atom is -0.544 e. The number of hydrogen-bond donors (Lipinski definition) is 0. The molecule has 0 N–H and O–H groups in total. The van der Waals surface area contributed by atoms with Crippen molar-refractivity contribution in [1.82, 2.24) is 0 Å². The van der Waals surface area contributed by atoms with Crippen molar-refractivity contribution in [1.29, 1.82) is 0 Å². The zero-order valence-corrected chi connectivity index (χ0v) is 37.5. The van der Waals surface area contributed by atoms with Crippen molar-refractivity contribution in [3.8, 4) is 46.0 Å². The number of benzene rings is 4. The molecule has 0 radical (unpaired) electrons. The number of fused-ring (bicyclic) bond motifs is 2. The number of carbonyl (C=O) groups is 2. The molecule has 6 atom stereocenters. The highest BCUT2D eigenvalue weighted by atomic mass is 16.5. The van der Waals surface area contributed by atoms with Crippen LogP contribution in [0.1, 0.15) is 97.8 Å². The summed E-state index contributed by atoms with van der Waals surface area (Å²) in [6.45, 7) is 5.25. The molecule has 0 aliphatic carbocycles. The second-order valence-corrected chi connectivity index (χ2v) is 17.6. The molecule has 0 spiro atoms. The van der Waals surface area contributed by atoms with E-state index in [1.807, 2.05) is 74.8 Å². The molecule has 0 saturated heterocycles. The number of methoxy groups -OCH3 is 4. The molecule has 4 aromatic carbocycles. The maximum absolute atomic E-state index is 13.3. The van der Waals surface area contributed by atoms with Crippen LogP contribution in [-0.2, 0) is 35.3 Å². The Labute approximate surface area is 366 Å². The summed E-state index contributed by atoms with van der Waals surface area (Å²) >= 11 is 0. The predicted octanol–water partition coefficient (Wildman–Crippen LogP) is 6.81. The molecule has 4 aliphatic rings. The first-order valence-electron chi connectivity index (χ1n) is 22.0. The lowest BCUT2D eigenvalue weighted by Crippen LogP contribution is -2.63. The summed E-state index contributed by atoms with van der Waals surface area (Å²) in [5.41, 5.74) is 5.70. The van der Waals surface area contributed by atoms with E-state index in [1.54, 1.807) is 28.4 Å². The van der Waals surface area contributed by atoms with Crippen LogP contribution < -0.4 is 38.6 Å². The number of carbonyl (C=O) groups excluding carboxylic acids is 2. The van der Waals surface area contributed by atoms with E-state index in [0.29, 0.717) is 97.6 Å². The number of carboxylic acids is 2. The Balaban J connectivity index is 1.53. The molecule has 12 heteroatoms. The van der Waals surface area contributed by atoms with Crippen LogP contribution in [0.5, 0.6) is 46.0 Å². The fourth-order valence-corrected chi connectivity index (χ4v) is 10.5. The number of ether oxygens (including phenoxy) is 6. The van der Waals surface area contributed by atoms with Crippen LogP contribution in [-0.4, -0.2) is 88.6 Å². The molecule has 62 heavy (non-hydrogen) atoms. The average molecular weight is 851 g/mol. The van der Waals surface area contributed by atoms with Crippen LogP contribution >= 0.6 is 0 Å². The number of nitrogens with zero attached hydrogens (tertiary/aromatic N) is 2. The van der Waals surface area contributed by atoms with Gasteiger partial charge in [0.1, 0.15) is 29.9 Å². The van der Waals surface area contributed by atoms with E-state index in [2.05, 4.69) is 13.8 Å². The first kappa shape index (κ1) is 44.6. The highest BCUT2D eigenvalue weighted by Crippen LogP contribution is 2.54. The molecular formula is C50H62N2O10. The van der Waals surface area contributed by atoms with Crippen molar-refractivity contribution >= 4 is 11.9 Å². The second kappa shape index (κ2) is 18.5. The number of unbranched alkanes of at least 4 members (excludes halogenated alkanes) is 2. The maximum atomic E-state index is 13.3. The molecular weight excluding hydrogens is 789 g/mol. The van der Waals surface area contributed by atoms with Gasteiger partial charge in [0.05, 0.1) is 73.1 Å². The van der Waals surface area contributed by atoms with Crippen LogP contribution in [0.15, 0.2) is 60.7 Å². The van der Waals surface area contributed by atoms with Crippen LogP contribution in [0, 0.1) is 0 Å². The maximum Gasteiger partial charge on any atom is 0.204 e. The van der Waals surface area contributed by atoms with Gasteiger partial charge in [-0.25, -0.2) is 0 Å². The third-order valence-electron chi connectivity index (χ3n) is 14.1. The van der Waals surface area contributed by atoms with Gasteiger partial charge in [0.25, 0.3) is 0 Å². The van der Waals surface area contributed by atoms with Gasteiger partial charge in [-0.2, -0.15) is 0 Å². The monoisotopic (exact) mass is 850 g/mol. The molecule has 6 bridgehead atoms. The summed E-state index contributed by atoms with van der Waals surface area (Å²) in [4.78, 5) is 26.5. The summed E-state index contributed by atoms with van der Waals surface area (Å²) in [7, 11) is 10.5. The Kier molecular flexibility index (Phi) is 13.3. The van der Waals surface area contributed by atoms with Crippen LogP contribution in [0.3, 0.4) is 0 Å². The van der Waals surface area contributed by atoms with Gasteiger partial charge in [-0.15, -0.1) is 0 Å². The lowest BCUT2D eigenvalue weighted by atomic mass is 9.83. The van der Waals surface area contributed by atoms with Crippen LogP contribution in [0.4, 0.5) is 0 Å². The minimum absolute atomic E-state index is 0.159. The Morgan fingerprint density at radius 1 is 0.661 bits per heavy atom. The molecule has 12 nitrogen and oxygen atoms in total. The van der Waals surface area contributed by atoms with Crippen molar-refractivity contribution in [2.45, 2.75) is 102 Å². The van der Waals surface area contributed by atoms with E-state index in [9.17, 15) is 19.8 Å². The molecule has 8 rings (SSSR count). The van der Waals surface area contributed by atoms with Crippen LogP contribution in [0.25, 0.3) is 0 Å². The third-order valence-corrected chi connectivity index (χ3v) is 14.1. The number of quaternary nitrogens is 2. The molecule has 0 fully saturated rings. The molecule has 6 unspecified atom stereocenters. The van der Waals surface area contributed by atoms with Gasteiger partial charge in [-0.1, -0.05) is 44.9 Å². The zero-order valence-electron chi connectivity index (χ0n) is 37.5. The molecule has 4 aromatic rings. The summed E-state index contributed by atoms with van der Waals surface area (Å²) < 4.78 is 38.3. The third kappa shape index (κ3) is 8.26. The molecule has 0 aromatic heterocycles. The number of aliphatic carboxylic acids is 2. The fraction of sp³-hybridized carbons (Fsp3) is 0.480. The molecule has 4 aliphatic heterocycles. The zero-order chi connectivity index (χ0) is 44.3. The van der Waals surface area contributed by atoms with Crippen molar-refractivity contribution in [3.63, 3.8) is 0 Å². The van der Waals surface area contributed by atoms with Crippen molar-refractivity contribution in [2.24, 2.45) is 0 Å². The normalized spacial score (nSPS) is 22.4. The van der Waals surface area contributed by atoms with Gasteiger partial charge in [0, 0.05) is 44.1 Å². The van der Waals surface area contributed by atoms with Gasteiger partial charge in [-0.3, -0.25) is 0 Å². The average Bonchev–Trinajstić information content (AvgIpc) is 3.25. The Morgan fingerprint density at radius 3 is 1.79 bits per heavy atom. The van der Waals surface area contributed by atoms with Gasteiger partial charge in [0.2, 0.25) is 5.75 Å². The van der Waals surface area contributed by atoms with Crippen molar-refractivity contribution in [3.05, 3.63) is 94.0 Å². The first-order chi connectivity index (χ1) is 29.8. The Morgan fingerprint density at radius 2 is 1.21 bits per heavy atom. The number of likely N-dealkylation sites (N-methyl/N-ethyl adjacent to an activating group) is 2. The van der Waals surface area contributed by atoms with E-state index in [0.717, 1.165) is 59.1 Å². The summed E-state index contributed by atoms with van der Waals surface area (Å²) in [6, 6.07) is 17.5. The Hall–Kier alpha value is -5.46. The van der Waals surface area contributed by atoms with E-state index in [4.69, 9.17) is 28.4 Å². The van der Waals surface area contributed by atoms with E-state index in [-0.39, 0.29) is 15.0 Å². The van der Waals surface area contributed by atoms with Gasteiger partial charge in [-0.05, 0) is 77.6 Å². The van der Waals surface area contributed by atoms with E-state index in [1.165, 1.54) is 0 Å². The lowest BCUT2D eigenvalue weighted by Gasteiger charge is -2.51. The molecule has 0 saturated carbocycles. The predicted molar refractivity (Wildman–Crippen MR) is 231 cm³/mol. The van der Waals surface area contributed by atoms with Crippen LogP contribution in [0.2, 0.25) is 0 Å². The molecule has 332 valence electrons. The summed E-state index contributed by atoms with van der Waals surface area (Å²) in [5.74, 6) is 1.72. The van der Waals surface area contributed by atoms with E-state index < -0.39 is 30.1 Å². The molecule has 4 heterocycles. The number of rotatable bonds is 14. The highest BCUT2D eigenvalue weighted by molar-refractivity contribution is 5.71. The number of hydrogen-bond acceptors (Lipinski definition) is 10. The lowest BCUT2D eigenvalue weighted by molar-refractivity contribution is -0.958. The largest absolute Gasteiger partial charge is 0.544 e. The SMILES string of the molecule is CCCCC(C(=O)[O-])[N+]1(C)CCc2cc(OC)c3cc2C1Cc1ccc(cc1)Oc1cc(ccc1OC)CC1c2c(cc(OC)c(OC)c2O3)CC[N+]1(C)C(CCCC)C(=O)[O-]. The second-order valence-electron chi connectivity index (χ2n) is 17.6. The van der Waals surface area contributed by atoms with Gasteiger partial charge in [0.15, 0.2) is 34.5 Å². The smallest absolute Gasteiger partial charge is 0.204 e. The highest BCUT2D eigenvalue weighted by Gasteiger charge is 2.49. The minimum atomic E-state index is -1.09. The Bertz CT molecular complexity index is 2280. The van der Waals surface area contributed by atoms with Gasteiger partial charge >= 0.3 is 0 Å². The quantitative estimate of drug-likeness (QED) is 0.125. The van der Waals surface area contributed by atoms with Crippen molar-refractivity contribution in [2.75, 3.05) is 55.6 Å². The van der Waals surface area contributed by atoms with E-state index >= 15 is 0 Å². The summed E-state index contributed by atoms with van der Waals surface area (Å²) in [6.07, 6.45) is 6.23. The van der Waals surface area contributed by atoms with Crippen molar-refractivity contribution < 1.29 is 57.2 Å².